The fraction of sp³-hybridized carbons (Fsp3) is 0.750. The first kappa shape index (κ1) is 13.7. The van der Waals surface area contributed by atoms with E-state index in [1.807, 2.05) is 6.07 Å². The summed E-state index contributed by atoms with van der Waals surface area (Å²) in [6.07, 6.45) is 12.5. The van der Waals surface area contributed by atoms with Crippen molar-refractivity contribution < 1.29 is 4.42 Å². The Morgan fingerprint density at radius 1 is 1.28 bits per heavy atom. The largest absolute Gasteiger partial charge is 0.469 e. The third kappa shape index (κ3) is 4.16. The topological polar surface area (TPSA) is 25.2 Å². The third-order valence-corrected chi connectivity index (χ3v) is 4.13. The fourth-order valence-corrected chi connectivity index (χ4v) is 3.09. The summed E-state index contributed by atoms with van der Waals surface area (Å²) < 4.78 is 5.53. The lowest BCUT2D eigenvalue weighted by molar-refractivity contribution is 0.303. The van der Waals surface area contributed by atoms with Gasteiger partial charge in [-0.25, -0.2) is 0 Å². The molecule has 1 unspecified atom stereocenters. The number of hydrogen-bond donors (Lipinski definition) is 1. The van der Waals surface area contributed by atoms with Gasteiger partial charge in [0.05, 0.1) is 6.26 Å². The smallest absolute Gasteiger partial charge is 0.105 e. The maximum Gasteiger partial charge on any atom is 0.105 e. The van der Waals surface area contributed by atoms with E-state index in [0.29, 0.717) is 6.04 Å². The lowest BCUT2D eigenvalue weighted by Gasteiger charge is -2.26. The maximum absolute atomic E-state index is 5.53. The van der Waals surface area contributed by atoms with Crippen molar-refractivity contribution in [1.29, 1.82) is 0 Å². The van der Waals surface area contributed by atoms with Gasteiger partial charge in [-0.1, -0.05) is 32.6 Å². The highest BCUT2D eigenvalue weighted by molar-refractivity contribution is 5.01. The fourth-order valence-electron chi connectivity index (χ4n) is 3.09. The van der Waals surface area contributed by atoms with Crippen molar-refractivity contribution in [3.05, 3.63) is 24.2 Å². The summed E-state index contributed by atoms with van der Waals surface area (Å²) in [6.45, 7) is 3.37. The molecule has 1 aromatic rings. The van der Waals surface area contributed by atoms with Crippen LogP contribution in [-0.2, 0) is 6.42 Å². The Morgan fingerprint density at radius 2 is 2.06 bits per heavy atom. The summed E-state index contributed by atoms with van der Waals surface area (Å²) in [7, 11) is 0. The zero-order valence-corrected chi connectivity index (χ0v) is 11.7. The molecule has 1 fully saturated rings. The van der Waals surface area contributed by atoms with Crippen LogP contribution in [0.5, 0.6) is 0 Å². The van der Waals surface area contributed by atoms with E-state index in [1.54, 1.807) is 6.26 Å². The van der Waals surface area contributed by atoms with Crippen molar-refractivity contribution in [2.24, 2.45) is 5.92 Å². The van der Waals surface area contributed by atoms with E-state index in [1.165, 1.54) is 44.9 Å². The van der Waals surface area contributed by atoms with E-state index < -0.39 is 0 Å². The van der Waals surface area contributed by atoms with Crippen LogP contribution in [0, 0.1) is 5.92 Å². The van der Waals surface area contributed by atoms with Crippen molar-refractivity contribution in [2.75, 3.05) is 6.54 Å². The van der Waals surface area contributed by atoms with Crippen molar-refractivity contribution in [3.8, 4) is 0 Å². The number of furan rings is 1. The number of hydrogen-bond acceptors (Lipinski definition) is 2. The Kier molecular flexibility index (Phi) is 5.79. The minimum absolute atomic E-state index is 0.606. The normalized spacial score (nSPS) is 19.6. The van der Waals surface area contributed by atoms with Gasteiger partial charge in [-0.2, -0.15) is 0 Å². The minimum Gasteiger partial charge on any atom is -0.469 e. The van der Waals surface area contributed by atoms with Crippen LogP contribution in [0.3, 0.4) is 0 Å². The molecular formula is C16H27NO. The number of nitrogens with one attached hydrogen (secondary N) is 1. The summed E-state index contributed by atoms with van der Waals surface area (Å²) >= 11 is 0. The summed E-state index contributed by atoms with van der Waals surface area (Å²) in [5.41, 5.74) is 0. The molecule has 0 spiro atoms. The molecule has 18 heavy (non-hydrogen) atoms. The molecule has 1 atom stereocenters. The molecular weight excluding hydrogens is 222 g/mol. The minimum atomic E-state index is 0.606. The predicted molar refractivity (Wildman–Crippen MR) is 75.7 cm³/mol. The monoisotopic (exact) mass is 249 g/mol. The van der Waals surface area contributed by atoms with Gasteiger partial charge in [-0.15, -0.1) is 0 Å². The summed E-state index contributed by atoms with van der Waals surface area (Å²) in [6, 6.07) is 4.71. The van der Waals surface area contributed by atoms with E-state index in [0.717, 1.165) is 24.6 Å². The molecule has 1 heterocycles. The molecule has 102 valence electrons. The quantitative estimate of drug-likeness (QED) is 0.766. The van der Waals surface area contributed by atoms with Gasteiger partial charge in [0.1, 0.15) is 5.76 Å². The van der Waals surface area contributed by atoms with Crippen LogP contribution in [-0.4, -0.2) is 12.6 Å². The summed E-state index contributed by atoms with van der Waals surface area (Å²) in [5.74, 6) is 1.97. The Bertz CT molecular complexity index is 299. The van der Waals surface area contributed by atoms with Crippen LogP contribution in [0.2, 0.25) is 0 Å². The molecule has 1 aromatic heterocycles. The molecule has 0 radical (unpaired) electrons. The van der Waals surface area contributed by atoms with Crippen molar-refractivity contribution >= 4 is 0 Å². The van der Waals surface area contributed by atoms with E-state index in [9.17, 15) is 0 Å². The van der Waals surface area contributed by atoms with Gasteiger partial charge in [0.2, 0.25) is 0 Å². The van der Waals surface area contributed by atoms with Crippen LogP contribution in [0.15, 0.2) is 22.8 Å². The van der Waals surface area contributed by atoms with Crippen LogP contribution in [0.25, 0.3) is 0 Å². The second-order valence-electron chi connectivity index (χ2n) is 5.60. The van der Waals surface area contributed by atoms with Gasteiger partial charge in [0.25, 0.3) is 0 Å². The highest BCUT2D eigenvalue weighted by Gasteiger charge is 2.23. The first-order valence-electron chi connectivity index (χ1n) is 7.66. The van der Waals surface area contributed by atoms with Crippen molar-refractivity contribution in [2.45, 2.75) is 64.3 Å². The van der Waals surface area contributed by atoms with E-state index >= 15 is 0 Å². The van der Waals surface area contributed by atoms with Gasteiger partial charge in [0, 0.05) is 12.5 Å². The summed E-state index contributed by atoms with van der Waals surface area (Å²) in [5, 5.41) is 3.75. The van der Waals surface area contributed by atoms with Crippen LogP contribution in [0.1, 0.15) is 57.6 Å². The summed E-state index contributed by atoms with van der Waals surface area (Å²) in [4.78, 5) is 0. The highest BCUT2D eigenvalue weighted by Crippen LogP contribution is 2.27. The molecule has 2 rings (SSSR count). The van der Waals surface area contributed by atoms with Crippen LogP contribution in [0.4, 0.5) is 0 Å². The van der Waals surface area contributed by atoms with Gasteiger partial charge < -0.3 is 9.73 Å². The standard InChI is InChI=1S/C16H27NO/c1-2-11-17-16(13-15-10-7-12-18-15)14-8-5-3-4-6-9-14/h7,10,12,14,16-17H,2-6,8-9,11,13H2,1H3. The Morgan fingerprint density at radius 3 is 2.67 bits per heavy atom. The van der Waals surface area contributed by atoms with Crippen molar-refractivity contribution in [3.63, 3.8) is 0 Å². The average molecular weight is 249 g/mol. The molecule has 0 aliphatic heterocycles. The van der Waals surface area contributed by atoms with Gasteiger partial charge in [-0.05, 0) is 43.9 Å². The Labute approximate surface area is 111 Å². The van der Waals surface area contributed by atoms with E-state index in [-0.39, 0.29) is 0 Å². The molecule has 0 aromatic carbocycles. The van der Waals surface area contributed by atoms with Gasteiger partial charge in [0.15, 0.2) is 0 Å². The zero-order valence-electron chi connectivity index (χ0n) is 11.7. The SMILES string of the molecule is CCCNC(Cc1ccco1)C1CCCCCC1. The Hall–Kier alpha value is -0.760. The molecule has 0 bridgehead atoms. The zero-order chi connectivity index (χ0) is 12.6. The molecule has 1 aliphatic carbocycles. The molecule has 2 nitrogen and oxygen atoms in total. The second-order valence-corrected chi connectivity index (χ2v) is 5.60. The number of rotatable bonds is 6. The molecule has 1 N–H and O–H groups in total. The predicted octanol–water partition coefficient (Wildman–Crippen LogP) is 4.16. The van der Waals surface area contributed by atoms with Gasteiger partial charge >= 0.3 is 0 Å². The molecule has 0 amide bonds. The van der Waals surface area contributed by atoms with Crippen molar-refractivity contribution in [1.82, 2.24) is 5.32 Å². The molecule has 2 heteroatoms. The van der Waals surface area contributed by atoms with Crippen LogP contribution < -0.4 is 5.32 Å². The lowest BCUT2D eigenvalue weighted by Crippen LogP contribution is -2.38. The third-order valence-electron chi connectivity index (χ3n) is 4.13. The first-order valence-corrected chi connectivity index (χ1v) is 7.66. The Balaban J connectivity index is 1.93. The first-order chi connectivity index (χ1) is 8.90. The lowest BCUT2D eigenvalue weighted by atomic mass is 9.89. The second kappa shape index (κ2) is 7.63. The van der Waals surface area contributed by atoms with E-state index in [2.05, 4.69) is 18.3 Å². The average Bonchev–Trinajstić information content (AvgIpc) is 2.74. The maximum atomic E-state index is 5.53. The molecule has 1 saturated carbocycles. The van der Waals surface area contributed by atoms with E-state index in [4.69, 9.17) is 4.42 Å². The molecule has 0 saturated heterocycles. The van der Waals surface area contributed by atoms with Crippen LogP contribution >= 0.6 is 0 Å². The molecule has 1 aliphatic rings. The highest BCUT2D eigenvalue weighted by atomic mass is 16.3. The van der Waals surface area contributed by atoms with Gasteiger partial charge in [-0.3, -0.25) is 0 Å².